The Morgan fingerprint density at radius 2 is 2.23 bits per heavy atom. The normalized spacial score (nSPS) is 9.31. The van der Waals surface area contributed by atoms with Crippen molar-refractivity contribution in [3.05, 3.63) is 27.7 Å². The van der Waals surface area contributed by atoms with Gasteiger partial charge in [0.05, 0.1) is 10.0 Å². The van der Waals surface area contributed by atoms with Crippen LogP contribution in [0.5, 0.6) is 5.75 Å². The summed E-state index contributed by atoms with van der Waals surface area (Å²) in [5.74, 6) is -0.345. The molecule has 0 aliphatic rings. The number of ketones is 1. The second-order valence-corrected chi connectivity index (χ2v) is 3.28. The fourth-order valence-electron chi connectivity index (χ4n) is 0.927. The maximum absolute atomic E-state index is 11.0. The van der Waals surface area contributed by atoms with Crippen LogP contribution in [0.25, 0.3) is 0 Å². The number of aromatic hydroxyl groups is 1. The van der Waals surface area contributed by atoms with E-state index in [9.17, 15) is 9.90 Å². The molecule has 1 rings (SSSR count). The maximum atomic E-state index is 11.0. The van der Waals surface area contributed by atoms with E-state index in [0.717, 1.165) is 0 Å². The zero-order valence-corrected chi connectivity index (χ0v) is 8.42. The standard InChI is InChI=1S/C9H6BrNO2/c1-5(12)7-3-2-6(4-11)9(13)8(7)10/h2-3,13H,1H3. The smallest absolute Gasteiger partial charge is 0.161 e. The van der Waals surface area contributed by atoms with Crippen molar-refractivity contribution >= 4 is 21.7 Å². The lowest BCUT2D eigenvalue weighted by molar-refractivity contribution is 0.101. The number of hydrogen-bond donors (Lipinski definition) is 1. The molecule has 0 aromatic heterocycles. The number of Topliss-reactive ketones (excluding diaryl/α,β-unsaturated/α-hetero) is 1. The molecule has 0 radical (unpaired) electrons. The van der Waals surface area contributed by atoms with Gasteiger partial charge >= 0.3 is 0 Å². The Balaban J connectivity index is 3.42. The third-order valence-electron chi connectivity index (χ3n) is 1.62. The van der Waals surface area contributed by atoms with Crippen molar-refractivity contribution in [2.24, 2.45) is 0 Å². The van der Waals surface area contributed by atoms with Crippen LogP contribution in [0, 0.1) is 11.3 Å². The number of carbonyl (C=O) groups is 1. The monoisotopic (exact) mass is 239 g/mol. The van der Waals surface area contributed by atoms with Crippen molar-refractivity contribution in [2.45, 2.75) is 6.92 Å². The second-order valence-electron chi connectivity index (χ2n) is 2.49. The zero-order valence-electron chi connectivity index (χ0n) is 6.84. The van der Waals surface area contributed by atoms with Crippen LogP contribution in [0.4, 0.5) is 0 Å². The number of rotatable bonds is 1. The van der Waals surface area contributed by atoms with E-state index < -0.39 is 0 Å². The van der Waals surface area contributed by atoms with E-state index in [1.165, 1.54) is 19.1 Å². The molecule has 0 saturated carbocycles. The Hall–Kier alpha value is -1.34. The molecule has 0 atom stereocenters. The molecule has 1 N–H and O–H groups in total. The summed E-state index contributed by atoms with van der Waals surface area (Å²) in [6.07, 6.45) is 0. The largest absolute Gasteiger partial charge is 0.505 e. The van der Waals surface area contributed by atoms with Crippen LogP contribution in [0.1, 0.15) is 22.8 Å². The molecule has 3 nitrogen and oxygen atoms in total. The molecule has 0 amide bonds. The van der Waals surface area contributed by atoms with Gasteiger partial charge in [-0.15, -0.1) is 0 Å². The summed E-state index contributed by atoms with van der Waals surface area (Å²) in [7, 11) is 0. The van der Waals surface area contributed by atoms with Crippen molar-refractivity contribution < 1.29 is 9.90 Å². The average Bonchev–Trinajstić information content (AvgIpc) is 2.09. The van der Waals surface area contributed by atoms with Crippen LogP contribution in [0.15, 0.2) is 16.6 Å². The van der Waals surface area contributed by atoms with Gasteiger partial charge in [-0.1, -0.05) is 0 Å². The van der Waals surface area contributed by atoms with Crippen molar-refractivity contribution in [3.8, 4) is 11.8 Å². The first-order chi connectivity index (χ1) is 6.07. The Labute approximate surface area is 83.7 Å². The minimum absolute atomic E-state index is 0.150. The minimum atomic E-state index is -0.185. The SMILES string of the molecule is CC(=O)c1ccc(C#N)c(O)c1Br. The van der Waals surface area contributed by atoms with Gasteiger partial charge in [0.1, 0.15) is 11.8 Å². The van der Waals surface area contributed by atoms with Crippen LogP contribution in [-0.4, -0.2) is 10.9 Å². The number of nitrogens with zero attached hydrogens (tertiary/aromatic N) is 1. The number of hydrogen-bond acceptors (Lipinski definition) is 3. The van der Waals surface area contributed by atoms with Crippen LogP contribution in [0.2, 0.25) is 0 Å². The summed E-state index contributed by atoms with van der Waals surface area (Å²) in [6.45, 7) is 1.39. The fourth-order valence-corrected chi connectivity index (χ4v) is 1.55. The van der Waals surface area contributed by atoms with Crippen LogP contribution in [-0.2, 0) is 0 Å². The Morgan fingerprint density at radius 3 is 2.69 bits per heavy atom. The highest BCUT2D eigenvalue weighted by Crippen LogP contribution is 2.31. The van der Waals surface area contributed by atoms with Crippen molar-refractivity contribution in [1.82, 2.24) is 0 Å². The van der Waals surface area contributed by atoms with E-state index in [2.05, 4.69) is 15.9 Å². The summed E-state index contributed by atoms with van der Waals surface area (Å²) >= 11 is 3.05. The van der Waals surface area contributed by atoms with E-state index in [-0.39, 0.29) is 21.6 Å². The van der Waals surface area contributed by atoms with Gasteiger partial charge in [-0.2, -0.15) is 5.26 Å². The average molecular weight is 240 g/mol. The molecule has 13 heavy (non-hydrogen) atoms. The second kappa shape index (κ2) is 3.58. The van der Waals surface area contributed by atoms with E-state index in [0.29, 0.717) is 5.56 Å². The maximum Gasteiger partial charge on any atom is 0.161 e. The van der Waals surface area contributed by atoms with E-state index >= 15 is 0 Å². The molecule has 0 aliphatic heterocycles. The van der Waals surface area contributed by atoms with E-state index in [1.54, 1.807) is 0 Å². The lowest BCUT2D eigenvalue weighted by Gasteiger charge is -2.03. The molecular weight excluding hydrogens is 234 g/mol. The molecule has 0 bridgehead atoms. The lowest BCUT2D eigenvalue weighted by atomic mass is 10.1. The van der Waals surface area contributed by atoms with Gasteiger partial charge in [-0.3, -0.25) is 4.79 Å². The third kappa shape index (κ3) is 1.70. The summed E-state index contributed by atoms with van der Waals surface area (Å²) in [6, 6.07) is 4.73. The van der Waals surface area contributed by atoms with Gasteiger partial charge in [0, 0.05) is 5.56 Å². The molecule has 0 saturated heterocycles. The first-order valence-corrected chi connectivity index (χ1v) is 4.29. The first kappa shape index (κ1) is 9.75. The molecule has 0 spiro atoms. The lowest BCUT2D eigenvalue weighted by Crippen LogP contribution is -1.94. The molecular formula is C9H6BrNO2. The zero-order chi connectivity index (χ0) is 10.0. The molecule has 0 unspecified atom stereocenters. The molecule has 4 heteroatoms. The molecule has 0 fully saturated rings. The number of nitriles is 1. The highest BCUT2D eigenvalue weighted by molar-refractivity contribution is 9.10. The molecule has 0 aliphatic carbocycles. The molecule has 0 heterocycles. The number of phenols is 1. The topological polar surface area (TPSA) is 61.1 Å². The van der Waals surface area contributed by atoms with Crippen molar-refractivity contribution in [2.75, 3.05) is 0 Å². The fraction of sp³-hybridized carbons (Fsp3) is 0.111. The number of phenolic OH excluding ortho intramolecular Hbond substituents is 1. The highest BCUT2D eigenvalue weighted by Gasteiger charge is 2.12. The predicted molar refractivity (Wildman–Crippen MR) is 50.5 cm³/mol. The highest BCUT2D eigenvalue weighted by atomic mass is 79.9. The van der Waals surface area contributed by atoms with Gasteiger partial charge in [0.2, 0.25) is 0 Å². The summed E-state index contributed by atoms with van der Waals surface area (Å²) in [5.41, 5.74) is 0.522. The van der Waals surface area contributed by atoms with Crippen molar-refractivity contribution in [3.63, 3.8) is 0 Å². The Kier molecular flexibility index (Phi) is 2.69. The van der Waals surface area contributed by atoms with Crippen molar-refractivity contribution in [1.29, 1.82) is 5.26 Å². The van der Waals surface area contributed by atoms with E-state index in [4.69, 9.17) is 5.26 Å². The van der Waals surface area contributed by atoms with Gasteiger partial charge in [0.15, 0.2) is 5.78 Å². The summed E-state index contributed by atoms with van der Waals surface area (Å²) in [4.78, 5) is 11.0. The van der Waals surface area contributed by atoms with Crippen LogP contribution < -0.4 is 0 Å². The van der Waals surface area contributed by atoms with E-state index in [1.807, 2.05) is 6.07 Å². The predicted octanol–water partition coefficient (Wildman–Crippen LogP) is 2.23. The Morgan fingerprint density at radius 1 is 1.62 bits per heavy atom. The number of halogens is 1. The molecule has 66 valence electrons. The first-order valence-electron chi connectivity index (χ1n) is 3.50. The van der Waals surface area contributed by atoms with Gasteiger partial charge in [-0.05, 0) is 35.0 Å². The van der Waals surface area contributed by atoms with Gasteiger partial charge < -0.3 is 5.11 Å². The number of benzene rings is 1. The third-order valence-corrected chi connectivity index (χ3v) is 2.42. The Bertz CT molecular complexity index is 407. The molecule has 1 aromatic rings. The minimum Gasteiger partial charge on any atom is -0.505 e. The van der Waals surface area contributed by atoms with Gasteiger partial charge in [0.25, 0.3) is 0 Å². The van der Waals surface area contributed by atoms with Crippen LogP contribution >= 0.6 is 15.9 Å². The molecule has 1 aromatic carbocycles. The van der Waals surface area contributed by atoms with Gasteiger partial charge in [-0.25, -0.2) is 0 Å². The summed E-state index contributed by atoms with van der Waals surface area (Å²) < 4.78 is 0.277. The van der Waals surface area contributed by atoms with Crippen LogP contribution in [0.3, 0.4) is 0 Å². The summed E-state index contributed by atoms with van der Waals surface area (Å²) in [5, 5.41) is 18.0. The number of carbonyl (C=O) groups excluding carboxylic acids is 1. The quantitative estimate of drug-likeness (QED) is 0.765.